The molecule has 0 saturated carbocycles. The predicted octanol–water partition coefficient (Wildman–Crippen LogP) is 0.374. The second kappa shape index (κ2) is 8.96. The maximum atomic E-state index is 12.8. The van der Waals surface area contributed by atoms with E-state index in [0.29, 0.717) is 0 Å². The quantitative estimate of drug-likeness (QED) is 0.399. The van der Waals surface area contributed by atoms with Crippen LogP contribution in [0.2, 0.25) is 0 Å². The number of rotatable bonds is 9. The van der Waals surface area contributed by atoms with Gasteiger partial charge in [0.05, 0.1) is 28.7 Å². The molecule has 2 aliphatic rings. The van der Waals surface area contributed by atoms with Crippen molar-refractivity contribution in [2.75, 3.05) is 38.7 Å². The summed E-state index contributed by atoms with van der Waals surface area (Å²) in [6.07, 6.45) is -3.07. The molecule has 0 aromatic carbocycles. The van der Waals surface area contributed by atoms with Gasteiger partial charge in [-0.25, -0.2) is 4.57 Å². The fourth-order valence-corrected chi connectivity index (χ4v) is 3.67. The van der Waals surface area contributed by atoms with E-state index >= 15 is 0 Å². The van der Waals surface area contributed by atoms with Crippen LogP contribution >= 0.6 is 20.5 Å². The number of hydrogen-bond donors (Lipinski definition) is 3. The molecule has 2 rings (SSSR count). The van der Waals surface area contributed by atoms with E-state index in [9.17, 15) is 14.8 Å². The molecular formula is C12H23O8PS. The first kappa shape index (κ1) is 15.8. The molecule has 0 radical (unpaired) electrons. The van der Waals surface area contributed by atoms with Crippen LogP contribution in [0.5, 0.6) is 0 Å². The van der Waals surface area contributed by atoms with Gasteiger partial charge in [-0.3, -0.25) is 13.6 Å². The minimum absolute atomic E-state index is 0.00277. The topological polar surface area (TPSA) is 104 Å². The van der Waals surface area contributed by atoms with Crippen molar-refractivity contribution in [2.24, 2.45) is 0 Å². The zero-order valence-corrected chi connectivity index (χ0v) is 13.7. The molecule has 2 aliphatic heterocycles. The Balaban J connectivity index is 1.96. The van der Waals surface area contributed by atoms with E-state index in [1.165, 1.54) is 0 Å². The second-order valence-electron chi connectivity index (χ2n) is 4.85. The Morgan fingerprint density at radius 2 is 2.00 bits per heavy atom. The molecule has 2 heterocycles. The number of phosphoric acid groups is 1. The van der Waals surface area contributed by atoms with Crippen molar-refractivity contribution < 1.29 is 40.6 Å². The Morgan fingerprint density at radius 3 is 2.64 bits per heavy atom. The first-order valence-electron chi connectivity index (χ1n) is 8.15. The van der Waals surface area contributed by atoms with Gasteiger partial charge in [0.2, 0.25) is 0 Å². The van der Waals surface area contributed by atoms with E-state index in [0.717, 1.165) is 0 Å². The van der Waals surface area contributed by atoms with Crippen LogP contribution < -0.4 is 0 Å². The van der Waals surface area contributed by atoms with Crippen LogP contribution in [0.15, 0.2) is 0 Å². The molecular weight excluding hydrogens is 335 g/mol. The van der Waals surface area contributed by atoms with E-state index in [1.807, 2.05) is 0 Å². The van der Waals surface area contributed by atoms with Crippen molar-refractivity contribution in [3.63, 3.8) is 0 Å². The number of aliphatic hydroxyl groups excluding tert-OH is 2. The van der Waals surface area contributed by atoms with Crippen LogP contribution in [0.4, 0.5) is 0 Å². The maximum absolute atomic E-state index is 12.8. The number of hydrogen-bond acceptors (Lipinski definition) is 9. The minimum Gasteiger partial charge on any atom is -0.394 e. The molecule has 0 aliphatic carbocycles. The van der Waals surface area contributed by atoms with Crippen molar-refractivity contribution in [1.29, 1.82) is 0 Å². The summed E-state index contributed by atoms with van der Waals surface area (Å²) in [7, 11) is -4.04. The lowest BCUT2D eigenvalue weighted by atomic mass is 10.2. The van der Waals surface area contributed by atoms with Crippen molar-refractivity contribution >= 4 is 20.5 Å². The summed E-state index contributed by atoms with van der Waals surface area (Å²) in [4.78, 5) is 0. The molecule has 2 saturated heterocycles. The maximum Gasteiger partial charge on any atom is 0.475 e. The van der Waals surface area contributed by atoms with E-state index in [-0.39, 0.29) is 31.8 Å². The highest BCUT2D eigenvalue weighted by molar-refractivity contribution is 7.80. The minimum atomic E-state index is -4.04. The Kier molecular flexibility index (Phi) is 6.44. The van der Waals surface area contributed by atoms with Crippen LogP contribution in [-0.4, -0.2) is 73.4 Å². The molecule has 0 amide bonds. The normalized spacial score (nSPS) is 42.9. The summed E-state index contributed by atoms with van der Waals surface area (Å²) in [6, 6.07) is 0. The van der Waals surface area contributed by atoms with Gasteiger partial charge in [-0.2, -0.15) is 12.6 Å². The van der Waals surface area contributed by atoms with E-state index in [2.05, 4.69) is 12.6 Å². The summed E-state index contributed by atoms with van der Waals surface area (Å²) >= 11 is 3.97. The fraction of sp³-hybridized carbons (Fsp3) is 1.00. The monoisotopic (exact) mass is 362 g/mol. The molecule has 22 heavy (non-hydrogen) atoms. The SMILES string of the molecule is [3H][C@H]1CC(O)[C@@H](CO[P@](=O)(OCCS)OC2C[C@H]([3H])O[C@@H]2CO)O1. The van der Waals surface area contributed by atoms with Gasteiger partial charge in [0.25, 0.3) is 0 Å². The van der Waals surface area contributed by atoms with Crippen molar-refractivity contribution in [3.05, 3.63) is 0 Å². The molecule has 7 atom stereocenters. The summed E-state index contributed by atoms with van der Waals surface area (Å²) < 4.78 is 53.8. The molecule has 2 N–H and O–H groups in total. The van der Waals surface area contributed by atoms with Crippen LogP contribution in [-0.2, 0) is 27.6 Å². The number of aliphatic hydroxyl groups is 2. The van der Waals surface area contributed by atoms with Gasteiger partial charge >= 0.3 is 7.82 Å². The van der Waals surface area contributed by atoms with Crippen molar-refractivity contribution in [2.45, 2.75) is 37.3 Å². The van der Waals surface area contributed by atoms with Crippen LogP contribution in [0.25, 0.3) is 0 Å². The van der Waals surface area contributed by atoms with Gasteiger partial charge in [0.15, 0.2) is 0 Å². The standard InChI is InChI=1S/C12H23O8PS/c13-7-11-10(2-4-16-11)20-21(15,18-5-6-22)19-8-12-9(14)1-3-17-12/h9-14,22H,1-8H2/t9?,10?,11-,12-,21+/m1/s1/i3T,4T/t3-,4-,9?,10?,11+,12+,21-/m0. The van der Waals surface area contributed by atoms with Crippen LogP contribution in [0.3, 0.4) is 0 Å². The molecule has 10 heteroatoms. The molecule has 0 spiro atoms. The molecule has 2 unspecified atom stereocenters. The highest BCUT2D eigenvalue weighted by atomic mass is 32.1. The average Bonchev–Trinajstić information content (AvgIpc) is 3.04. The smallest absolute Gasteiger partial charge is 0.394 e. The second-order valence-corrected chi connectivity index (χ2v) is 6.92. The lowest BCUT2D eigenvalue weighted by Gasteiger charge is -2.24. The summed E-state index contributed by atoms with van der Waals surface area (Å²) in [6.45, 7) is -2.43. The number of thiol groups is 1. The van der Waals surface area contributed by atoms with E-state index in [1.54, 1.807) is 0 Å². The first-order chi connectivity index (χ1) is 11.4. The Morgan fingerprint density at radius 1 is 1.27 bits per heavy atom. The van der Waals surface area contributed by atoms with Gasteiger partial charge in [-0.15, -0.1) is 0 Å². The third-order valence-electron chi connectivity index (χ3n) is 3.23. The average molecular weight is 362 g/mol. The van der Waals surface area contributed by atoms with Gasteiger partial charge in [0.1, 0.15) is 18.3 Å². The molecule has 0 bridgehead atoms. The molecule has 130 valence electrons. The highest BCUT2D eigenvalue weighted by Gasteiger charge is 2.39. The Labute approximate surface area is 137 Å². The van der Waals surface area contributed by atoms with Crippen molar-refractivity contribution in [3.8, 4) is 0 Å². The number of ether oxygens (including phenoxy) is 2. The lowest BCUT2D eigenvalue weighted by Crippen LogP contribution is -2.29. The van der Waals surface area contributed by atoms with E-state index < -0.39 is 52.0 Å². The van der Waals surface area contributed by atoms with Gasteiger partial charge in [0, 0.05) is 25.3 Å². The van der Waals surface area contributed by atoms with E-state index in [4.69, 9.17) is 25.8 Å². The predicted molar refractivity (Wildman–Crippen MR) is 80.0 cm³/mol. The summed E-state index contributed by atoms with van der Waals surface area (Å²) in [5.41, 5.74) is 0. The third-order valence-corrected chi connectivity index (χ3v) is 4.91. The largest absolute Gasteiger partial charge is 0.475 e. The first-order valence-corrected chi connectivity index (χ1v) is 9.09. The lowest BCUT2D eigenvalue weighted by molar-refractivity contribution is -0.0238. The zero-order chi connectivity index (χ0) is 17.7. The Hall–Kier alpha value is 0.300. The summed E-state index contributed by atoms with van der Waals surface area (Å²) in [5, 5.41) is 19.0. The number of phosphoric ester groups is 1. The molecule has 0 aromatic rings. The van der Waals surface area contributed by atoms with Gasteiger partial charge < -0.3 is 19.7 Å². The summed E-state index contributed by atoms with van der Waals surface area (Å²) in [5.74, 6) is 0.278. The van der Waals surface area contributed by atoms with Gasteiger partial charge in [-0.1, -0.05) is 0 Å². The molecule has 0 aromatic heterocycles. The third kappa shape index (κ3) is 5.15. The van der Waals surface area contributed by atoms with Crippen molar-refractivity contribution in [1.82, 2.24) is 0 Å². The fourth-order valence-electron chi connectivity index (χ4n) is 2.04. The van der Waals surface area contributed by atoms with Gasteiger partial charge in [-0.05, 0) is 6.42 Å². The van der Waals surface area contributed by atoms with Crippen LogP contribution in [0, 0.1) is 0 Å². The molecule has 2 fully saturated rings. The Bertz CT molecular complexity index is 447. The van der Waals surface area contributed by atoms with Crippen LogP contribution in [0.1, 0.15) is 15.6 Å². The zero-order valence-electron chi connectivity index (χ0n) is 13.9. The molecule has 8 nitrogen and oxygen atoms in total. The highest BCUT2D eigenvalue weighted by Crippen LogP contribution is 2.52.